The lowest BCUT2D eigenvalue weighted by Crippen LogP contribution is -2.42. The van der Waals surface area contributed by atoms with E-state index in [0.29, 0.717) is 12.1 Å². The van der Waals surface area contributed by atoms with Gasteiger partial charge in [-0.2, -0.15) is 0 Å². The third-order valence-electron chi connectivity index (χ3n) is 5.49. The molecule has 2 saturated carbocycles. The van der Waals surface area contributed by atoms with Gasteiger partial charge in [-0.15, -0.1) is 0 Å². The number of amides is 2. The molecule has 2 aliphatic carbocycles. The maximum absolute atomic E-state index is 11.6. The maximum atomic E-state index is 11.6. The van der Waals surface area contributed by atoms with Crippen LogP contribution in [0.5, 0.6) is 0 Å². The van der Waals surface area contributed by atoms with Crippen molar-refractivity contribution >= 4 is 11.8 Å². The number of methoxy groups -OCH3 is 2. The predicted octanol–water partition coefficient (Wildman–Crippen LogP) is 1.63. The van der Waals surface area contributed by atoms with Crippen molar-refractivity contribution in [2.45, 2.75) is 63.5 Å². The van der Waals surface area contributed by atoms with Gasteiger partial charge in [-0.05, 0) is 63.2 Å². The van der Waals surface area contributed by atoms with Crippen LogP contribution in [0.2, 0.25) is 0 Å². The molecule has 2 aliphatic rings. The molecule has 2 N–H and O–H groups in total. The van der Waals surface area contributed by atoms with Crippen LogP contribution in [0.4, 0.5) is 0 Å². The summed E-state index contributed by atoms with van der Waals surface area (Å²) in [6, 6.07) is 0.627. The van der Waals surface area contributed by atoms with Gasteiger partial charge >= 0.3 is 0 Å². The van der Waals surface area contributed by atoms with Crippen LogP contribution in [-0.2, 0) is 19.1 Å². The molecule has 0 aromatic rings. The van der Waals surface area contributed by atoms with Gasteiger partial charge in [0.15, 0.2) is 0 Å². The molecular formula is C18H32N2O4. The first-order valence-corrected chi connectivity index (χ1v) is 9.19. The molecule has 0 saturated heterocycles. The average molecular weight is 340 g/mol. The molecule has 2 rings (SSSR count). The highest BCUT2D eigenvalue weighted by Gasteiger charge is 2.31. The second-order valence-corrected chi connectivity index (χ2v) is 7.22. The van der Waals surface area contributed by atoms with Crippen LogP contribution in [0.1, 0.15) is 51.4 Å². The SMILES string of the molecule is COCC(=O)NC1CCC(C2CCC(NC(=O)COC)CC2)CC1. The van der Waals surface area contributed by atoms with Crippen LogP contribution in [0, 0.1) is 11.8 Å². The Morgan fingerprint density at radius 3 is 1.33 bits per heavy atom. The third-order valence-corrected chi connectivity index (χ3v) is 5.49. The van der Waals surface area contributed by atoms with E-state index in [9.17, 15) is 9.59 Å². The van der Waals surface area contributed by atoms with E-state index in [1.54, 1.807) is 14.2 Å². The fraction of sp³-hybridized carbons (Fsp3) is 0.889. The topological polar surface area (TPSA) is 76.7 Å². The quantitative estimate of drug-likeness (QED) is 0.738. The summed E-state index contributed by atoms with van der Waals surface area (Å²) < 4.78 is 9.73. The van der Waals surface area contributed by atoms with E-state index in [0.717, 1.165) is 37.5 Å². The average Bonchev–Trinajstić information content (AvgIpc) is 2.57. The molecule has 0 aromatic carbocycles. The number of ether oxygens (including phenoxy) is 2. The van der Waals surface area contributed by atoms with Crippen molar-refractivity contribution in [2.75, 3.05) is 27.4 Å². The molecule has 0 unspecified atom stereocenters. The van der Waals surface area contributed by atoms with Gasteiger partial charge in [-0.1, -0.05) is 0 Å². The Morgan fingerprint density at radius 2 is 1.04 bits per heavy atom. The predicted molar refractivity (Wildman–Crippen MR) is 91.5 cm³/mol. The summed E-state index contributed by atoms with van der Waals surface area (Å²) in [5.41, 5.74) is 0. The number of carbonyl (C=O) groups excluding carboxylic acids is 2. The summed E-state index contributed by atoms with van der Waals surface area (Å²) >= 11 is 0. The number of nitrogens with one attached hydrogen (secondary N) is 2. The van der Waals surface area contributed by atoms with E-state index >= 15 is 0 Å². The first-order chi connectivity index (χ1) is 11.6. The fourth-order valence-corrected chi connectivity index (χ4v) is 4.27. The molecule has 6 nitrogen and oxygen atoms in total. The molecule has 24 heavy (non-hydrogen) atoms. The molecule has 0 radical (unpaired) electrons. The summed E-state index contributed by atoms with van der Waals surface area (Å²) in [7, 11) is 3.09. The zero-order valence-corrected chi connectivity index (χ0v) is 15.0. The summed E-state index contributed by atoms with van der Waals surface area (Å²) in [5, 5.41) is 6.12. The second kappa shape index (κ2) is 9.99. The van der Waals surface area contributed by atoms with Gasteiger partial charge in [0.1, 0.15) is 13.2 Å². The van der Waals surface area contributed by atoms with Crippen LogP contribution in [0.15, 0.2) is 0 Å². The highest BCUT2D eigenvalue weighted by molar-refractivity contribution is 5.77. The normalized spacial score (nSPS) is 30.6. The minimum atomic E-state index is -0.00624. The first kappa shape index (κ1) is 19.2. The van der Waals surface area contributed by atoms with E-state index in [-0.39, 0.29) is 25.0 Å². The molecule has 138 valence electrons. The Kier molecular flexibility index (Phi) is 7.99. The number of carbonyl (C=O) groups is 2. The molecule has 0 heterocycles. The smallest absolute Gasteiger partial charge is 0.246 e. The van der Waals surface area contributed by atoms with E-state index < -0.39 is 0 Å². The van der Waals surface area contributed by atoms with Crippen molar-refractivity contribution in [3.63, 3.8) is 0 Å². The van der Waals surface area contributed by atoms with Gasteiger partial charge < -0.3 is 20.1 Å². The minimum absolute atomic E-state index is 0.00624. The fourth-order valence-electron chi connectivity index (χ4n) is 4.27. The van der Waals surface area contributed by atoms with Crippen LogP contribution < -0.4 is 10.6 Å². The molecule has 0 atom stereocenters. The lowest BCUT2D eigenvalue weighted by molar-refractivity contribution is -0.126. The van der Waals surface area contributed by atoms with Crippen LogP contribution in [-0.4, -0.2) is 51.3 Å². The van der Waals surface area contributed by atoms with Crippen molar-refractivity contribution < 1.29 is 19.1 Å². The zero-order chi connectivity index (χ0) is 17.4. The Balaban J connectivity index is 1.65. The van der Waals surface area contributed by atoms with Crippen molar-refractivity contribution in [3.8, 4) is 0 Å². The van der Waals surface area contributed by atoms with Crippen LogP contribution in [0.25, 0.3) is 0 Å². The zero-order valence-electron chi connectivity index (χ0n) is 15.0. The van der Waals surface area contributed by atoms with Gasteiger partial charge in [-0.3, -0.25) is 9.59 Å². The summed E-state index contributed by atoms with van der Waals surface area (Å²) in [6.07, 6.45) is 9.09. The van der Waals surface area contributed by atoms with Gasteiger partial charge in [0, 0.05) is 26.3 Å². The van der Waals surface area contributed by atoms with E-state index in [1.807, 2.05) is 0 Å². The summed E-state index contributed by atoms with van der Waals surface area (Å²) in [4.78, 5) is 23.2. The molecule has 2 amide bonds. The van der Waals surface area contributed by atoms with Crippen molar-refractivity contribution in [1.82, 2.24) is 10.6 Å². The Morgan fingerprint density at radius 1 is 0.708 bits per heavy atom. The first-order valence-electron chi connectivity index (χ1n) is 9.19. The molecular weight excluding hydrogens is 308 g/mol. The van der Waals surface area contributed by atoms with Gasteiger partial charge in [0.05, 0.1) is 0 Å². The van der Waals surface area contributed by atoms with Crippen molar-refractivity contribution in [1.29, 1.82) is 0 Å². The minimum Gasteiger partial charge on any atom is -0.375 e. The van der Waals surface area contributed by atoms with Gasteiger partial charge in [0.2, 0.25) is 11.8 Å². The molecule has 2 fully saturated rings. The second-order valence-electron chi connectivity index (χ2n) is 7.22. The van der Waals surface area contributed by atoms with E-state index in [4.69, 9.17) is 9.47 Å². The van der Waals surface area contributed by atoms with E-state index in [2.05, 4.69) is 10.6 Å². The van der Waals surface area contributed by atoms with Crippen LogP contribution >= 0.6 is 0 Å². The highest BCUT2D eigenvalue weighted by Crippen LogP contribution is 2.38. The molecule has 0 bridgehead atoms. The standard InChI is InChI=1S/C18H32N2O4/c1-23-11-17(21)19-15-7-3-13(4-8-15)14-5-9-16(10-6-14)20-18(22)12-24-2/h13-16H,3-12H2,1-2H3,(H,19,21)(H,20,22). The largest absolute Gasteiger partial charge is 0.375 e. The van der Waals surface area contributed by atoms with Crippen molar-refractivity contribution in [2.24, 2.45) is 11.8 Å². The molecule has 6 heteroatoms. The van der Waals surface area contributed by atoms with Gasteiger partial charge in [-0.25, -0.2) is 0 Å². The Labute approximate surface area is 145 Å². The summed E-state index contributed by atoms with van der Waals surface area (Å²) in [6.45, 7) is 0.303. The Bertz CT molecular complexity index is 362. The van der Waals surface area contributed by atoms with Crippen LogP contribution in [0.3, 0.4) is 0 Å². The molecule has 0 aliphatic heterocycles. The van der Waals surface area contributed by atoms with E-state index in [1.165, 1.54) is 25.7 Å². The summed E-state index contributed by atoms with van der Waals surface area (Å²) in [5.74, 6) is 1.54. The van der Waals surface area contributed by atoms with Crippen molar-refractivity contribution in [3.05, 3.63) is 0 Å². The Hall–Kier alpha value is -1.14. The monoisotopic (exact) mass is 340 g/mol. The van der Waals surface area contributed by atoms with Gasteiger partial charge in [0.25, 0.3) is 0 Å². The lowest BCUT2D eigenvalue weighted by atomic mass is 9.71. The lowest BCUT2D eigenvalue weighted by Gasteiger charge is -2.38. The number of rotatable bonds is 7. The highest BCUT2D eigenvalue weighted by atomic mass is 16.5. The molecule has 0 aromatic heterocycles. The third kappa shape index (κ3) is 6.06. The maximum Gasteiger partial charge on any atom is 0.246 e. The number of hydrogen-bond donors (Lipinski definition) is 2. The number of hydrogen-bond acceptors (Lipinski definition) is 4. The molecule has 0 spiro atoms.